The standard InChI is InChI=1S/C13H12FNO2/c1-9-12(7-8-17-9)13(16)15(2)11-5-3-10(14)4-6-11/h3-8H,1-2H3. The molecule has 0 bridgehead atoms. The third-order valence-corrected chi connectivity index (χ3v) is 2.61. The third-order valence-electron chi connectivity index (χ3n) is 2.61. The quantitative estimate of drug-likeness (QED) is 0.798. The highest BCUT2D eigenvalue weighted by atomic mass is 19.1. The first kappa shape index (κ1) is 11.4. The summed E-state index contributed by atoms with van der Waals surface area (Å²) in [4.78, 5) is 13.5. The molecule has 2 rings (SSSR count). The molecule has 1 heterocycles. The predicted molar refractivity (Wildman–Crippen MR) is 62.6 cm³/mol. The second kappa shape index (κ2) is 4.41. The van der Waals surface area contributed by atoms with Gasteiger partial charge in [0.2, 0.25) is 0 Å². The van der Waals surface area contributed by atoms with Crippen molar-refractivity contribution in [1.82, 2.24) is 0 Å². The van der Waals surface area contributed by atoms with E-state index < -0.39 is 0 Å². The average molecular weight is 233 g/mol. The van der Waals surface area contributed by atoms with Gasteiger partial charge in [-0.2, -0.15) is 0 Å². The van der Waals surface area contributed by atoms with Gasteiger partial charge < -0.3 is 9.32 Å². The summed E-state index contributed by atoms with van der Waals surface area (Å²) in [7, 11) is 1.64. The van der Waals surface area contributed by atoms with Crippen molar-refractivity contribution in [3.05, 3.63) is 53.7 Å². The van der Waals surface area contributed by atoms with Gasteiger partial charge >= 0.3 is 0 Å². The van der Waals surface area contributed by atoms with Crippen LogP contribution in [-0.4, -0.2) is 13.0 Å². The number of halogens is 1. The molecule has 0 spiro atoms. The van der Waals surface area contributed by atoms with Crippen molar-refractivity contribution in [3.63, 3.8) is 0 Å². The summed E-state index contributed by atoms with van der Waals surface area (Å²) in [6, 6.07) is 7.38. The van der Waals surface area contributed by atoms with E-state index in [2.05, 4.69) is 0 Å². The Balaban J connectivity index is 2.26. The van der Waals surface area contributed by atoms with Crippen molar-refractivity contribution in [3.8, 4) is 0 Å². The number of amides is 1. The minimum absolute atomic E-state index is 0.178. The van der Waals surface area contributed by atoms with E-state index in [0.29, 0.717) is 17.0 Å². The second-order valence-electron chi connectivity index (χ2n) is 3.73. The SMILES string of the molecule is Cc1occc1C(=O)N(C)c1ccc(F)cc1. The molecule has 0 aliphatic carbocycles. The molecular weight excluding hydrogens is 221 g/mol. The molecule has 88 valence electrons. The molecule has 4 heteroatoms. The Kier molecular flexibility index (Phi) is 2.95. The largest absolute Gasteiger partial charge is 0.469 e. The van der Waals surface area contributed by atoms with Crippen LogP contribution >= 0.6 is 0 Å². The summed E-state index contributed by atoms with van der Waals surface area (Å²) in [6.45, 7) is 1.73. The Morgan fingerprint density at radius 3 is 2.41 bits per heavy atom. The van der Waals surface area contributed by atoms with E-state index in [9.17, 15) is 9.18 Å². The van der Waals surface area contributed by atoms with Crippen LogP contribution in [0.1, 0.15) is 16.1 Å². The van der Waals surface area contributed by atoms with Gasteiger partial charge in [0.15, 0.2) is 0 Å². The van der Waals surface area contributed by atoms with Crippen LogP contribution in [0.3, 0.4) is 0 Å². The van der Waals surface area contributed by atoms with Gasteiger partial charge in [-0.25, -0.2) is 4.39 Å². The number of benzene rings is 1. The molecule has 1 amide bonds. The smallest absolute Gasteiger partial charge is 0.261 e. The van der Waals surface area contributed by atoms with Crippen LogP contribution in [0, 0.1) is 12.7 Å². The van der Waals surface area contributed by atoms with Gasteiger partial charge in [0.25, 0.3) is 5.91 Å². The third kappa shape index (κ3) is 2.20. The molecule has 0 atom stereocenters. The topological polar surface area (TPSA) is 33.5 Å². The summed E-state index contributed by atoms with van der Waals surface area (Å²) in [5.74, 6) is 0.0703. The lowest BCUT2D eigenvalue weighted by Crippen LogP contribution is -2.26. The number of hydrogen-bond donors (Lipinski definition) is 0. The van der Waals surface area contributed by atoms with Crippen molar-refractivity contribution in [2.45, 2.75) is 6.92 Å². The van der Waals surface area contributed by atoms with Crippen LogP contribution in [0.2, 0.25) is 0 Å². The van der Waals surface area contributed by atoms with E-state index >= 15 is 0 Å². The van der Waals surface area contributed by atoms with Gasteiger partial charge in [0.1, 0.15) is 11.6 Å². The van der Waals surface area contributed by atoms with Crippen molar-refractivity contribution < 1.29 is 13.6 Å². The minimum atomic E-state index is -0.325. The first-order valence-electron chi connectivity index (χ1n) is 5.17. The molecule has 0 radical (unpaired) electrons. The lowest BCUT2D eigenvalue weighted by molar-refractivity contribution is 0.0991. The number of furan rings is 1. The van der Waals surface area contributed by atoms with Gasteiger partial charge in [-0.15, -0.1) is 0 Å². The van der Waals surface area contributed by atoms with Crippen LogP contribution in [0.25, 0.3) is 0 Å². The van der Waals surface area contributed by atoms with Gasteiger partial charge in [-0.3, -0.25) is 4.79 Å². The molecule has 17 heavy (non-hydrogen) atoms. The summed E-state index contributed by atoms with van der Waals surface area (Å²) in [5.41, 5.74) is 1.15. The summed E-state index contributed by atoms with van der Waals surface area (Å²) < 4.78 is 17.9. The van der Waals surface area contributed by atoms with Crippen molar-refractivity contribution >= 4 is 11.6 Å². The van der Waals surface area contributed by atoms with Crippen LogP contribution in [-0.2, 0) is 0 Å². The fourth-order valence-corrected chi connectivity index (χ4v) is 1.57. The summed E-state index contributed by atoms with van der Waals surface area (Å²) in [5, 5.41) is 0. The zero-order valence-electron chi connectivity index (χ0n) is 9.61. The molecule has 1 aromatic carbocycles. The van der Waals surface area contributed by atoms with Crippen molar-refractivity contribution in [1.29, 1.82) is 0 Å². The molecule has 0 aliphatic rings. The monoisotopic (exact) mass is 233 g/mol. The number of carbonyl (C=O) groups excluding carboxylic acids is 1. The predicted octanol–water partition coefficient (Wildman–Crippen LogP) is 3.00. The second-order valence-corrected chi connectivity index (χ2v) is 3.73. The number of nitrogens with zero attached hydrogens (tertiary/aromatic N) is 1. The summed E-state index contributed by atoms with van der Waals surface area (Å²) >= 11 is 0. The fourth-order valence-electron chi connectivity index (χ4n) is 1.57. The average Bonchev–Trinajstić information content (AvgIpc) is 2.74. The van der Waals surface area contributed by atoms with Crippen LogP contribution < -0.4 is 4.90 Å². The Labute approximate surface area is 98.5 Å². The summed E-state index contributed by atoms with van der Waals surface area (Å²) in [6.07, 6.45) is 1.47. The number of aryl methyl sites for hydroxylation is 1. The van der Waals surface area contributed by atoms with Crippen molar-refractivity contribution in [2.75, 3.05) is 11.9 Å². The van der Waals surface area contributed by atoms with E-state index in [-0.39, 0.29) is 11.7 Å². The minimum Gasteiger partial charge on any atom is -0.469 e. The molecule has 0 fully saturated rings. The van der Waals surface area contributed by atoms with Gasteiger partial charge in [-0.05, 0) is 37.3 Å². The first-order chi connectivity index (χ1) is 8.09. The Morgan fingerprint density at radius 2 is 1.88 bits per heavy atom. The Morgan fingerprint density at radius 1 is 1.24 bits per heavy atom. The van der Waals surface area contributed by atoms with Crippen LogP contribution in [0.5, 0.6) is 0 Å². The zero-order valence-corrected chi connectivity index (χ0v) is 9.61. The molecular formula is C13H12FNO2. The number of carbonyl (C=O) groups is 1. The number of anilines is 1. The number of hydrogen-bond acceptors (Lipinski definition) is 2. The van der Waals surface area contributed by atoms with E-state index in [1.165, 1.54) is 23.3 Å². The lowest BCUT2D eigenvalue weighted by atomic mass is 10.2. The van der Waals surface area contributed by atoms with Gasteiger partial charge in [0, 0.05) is 12.7 Å². The highest BCUT2D eigenvalue weighted by Crippen LogP contribution is 2.18. The molecule has 0 saturated heterocycles. The highest BCUT2D eigenvalue weighted by Gasteiger charge is 2.17. The maximum atomic E-state index is 12.8. The fraction of sp³-hybridized carbons (Fsp3) is 0.154. The van der Waals surface area contributed by atoms with Crippen LogP contribution in [0.15, 0.2) is 41.0 Å². The van der Waals surface area contributed by atoms with E-state index in [1.54, 1.807) is 32.2 Å². The van der Waals surface area contributed by atoms with E-state index in [4.69, 9.17) is 4.42 Å². The molecule has 1 aromatic heterocycles. The van der Waals surface area contributed by atoms with Gasteiger partial charge in [-0.1, -0.05) is 0 Å². The lowest BCUT2D eigenvalue weighted by Gasteiger charge is -2.16. The molecule has 0 aliphatic heterocycles. The molecule has 2 aromatic rings. The van der Waals surface area contributed by atoms with Gasteiger partial charge in [0.05, 0.1) is 11.8 Å². The van der Waals surface area contributed by atoms with Crippen LogP contribution in [0.4, 0.5) is 10.1 Å². The maximum absolute atomic E-state index is 12.8. The number of rotatable bonds is 2. The first-order valence-corrected chi connectivity index (χ1v) is 5.17. The van der Waals surface area contributed by atoms with Crippen molar-refractivity contribution in [2.24, 2.45) is 0 Å². The normalized spacial score (nSPS) is 10.3. The Bertz CT molecular complexity index is 531. The highest BCUT2D eigenvalue weighted by molar-refractivity contribution is 6.06. The molecule has 0 unspecified atom stereocenters. The molecule has 0 N–H and O–H groups in total. The zero-order chi connectivity index (χ0) is 12.4. The maximum Gasteiger partial charge on any atom is 0.261 e. The van der Waals surface area contributed by atoms with E-state index in [0.717, 1.165) is 0 Å². The molecule has 3 nitrogen and oxygen atoms in total. The molecule has 0 saturated carbocycles. The Hall–Kier alpha value is -2.10. The van der Waals surface area contributed by atoms with E-state index in [1.807, 2.05) is 0 Å².